The highest BCUT2D eigenvalue weighted by atomic mass is 79.9. The van der Waals surface area contributed by atoms with Crippen LogP contribution >= 0.6 is 27.7 Å². The molecule has 1 aromatic heterocycles. The minimum absolute atomic E-state index is 0.201. The minimum Gasteiger partial charge on any atom is -0.328 e. The molecule has 0 fully saturated rings. The summed E-state index contributed by atoms with van der Waals surface area (Å²) in [5, 5.41) is 8.95. The molecule has 1 aliphatic heterocycles. The fourth-order valence-corrected chi connectivity index (χ4v) is 5.47. The van der Waals surface area contributed by atoms with Crippen molar-refractivity contribution in [3.63, 3.8) is 0 Å². The van der Waals surface area contributed by atoms with Crippen molar-refractivity contribution in [3.05, 3.63) is 80.5 Å². The number of nitrogens with zero attached hydrogens (tertiary/aromatic N) is 3. The normalized spacial score (nSPS) is 17.9. The molecular formula is C24H23BrN4OS. The highest BCUT2D eigenvalue weighted by Gasteiger charge is 2.36. The van der Waals surface area contributed by atoms with Gasteiger partial charge in [-0.1, -0.05) is 63.6 Å². The number of halogens is 1. The number of thioether (sulfide) groups is 1. The van der Waals surface area contributed by atoms with Crippen LogP contribution in [0.1, 0.15) is 47.6 Å². The number of nitrogens with one attached hydrogen (secondary N) is 1. The van der Waals surface area contributed by atoms with Crippen molar-refractivity contribution in [2.75, 3.05) is 5.32 Å². The first-order valence-electron chi connectivity index (χ1n) is 10.4. The molecule has 1 atom stereocenters. The topological polar surface area (TPSA) is 59.8 Å². The van der Waals surface area contributed by atoms with Crippen LogP contribution in [0, 0.1) is 13.8 Å². The third-order valence-corrected chi connectivity index (χ3v) is 7.30. The fourth-order valence-electron chi connectivity index (χ4n) is 4.30. The van der Waals surface area contributed by atoms with Crippen LogP contribution in [0.3, 0.4) is 0 Å². The van der Waals surface area contributed by atoms with Gasteiger partial charge in [-0.05, 0) is 55.5 Å². The summed E-state index contributed by atoms with van der Waals surface area (Å²) >= 11 is 5.14. The van der Waals surface area contributed by atoms with Crippen LogP contribution in [0.15, 0.2) is 63.4 Å². The van der Waals surface area contributed by atoms with Gasteiger partial charge in [0.25, 0.3) is 0 Å². The summed E-state index contributed by atoms with van der Waals surface area (Å²) < 4.78 is 2.90. The van der Waals surface area contributed by atoms with E-state index in [0.717, 1.165) is 45.1 Å². The Hall–Kier alpha value is -2.38. The number of fused-ring (bicyclic) bond motifs is 1. The molecule has 0 radical (unpaired) electrons. The smallest absolute Gasteiger partial charge is 0.227 e. The number of carbonyl (C=O) groups is 1. The molecule has 0 saturated heterocycles. The predicted octanol–water partition coefficient (Wildman–Crippen LogP) is 5.97. The average molecular weight is 495 g/mol. The minimum atomic E-state index is -0.241. The van der Waals surface area contributed by atoms with Gasteiger partial charge in [0.15, 0.2) is 5.78 Å². The quantitative estimate of drug-likeness (QED) is 0.452. The largest absolute Gasteiger partial charge is 0.328 e. The predicted molar refractivity (Wildman–Crippen MR) is 127 cm³/mol. The molecule has 1 aliphatic carbocycles. The van der Waals surface area contributed by atoms with E-state index < -0.39 is 0 Å². The highest BCUT2D eigenvalue weighted by molar-refractivity contribution is 9.10. The maximum atomic E-state index is 12.9. The summed E-state index contributed by atoms with van der Waals surface area (Å²) in [4.78, 5) is 17.7. The van der Waals surface area contributed by atoms with Crippen molar-refractivity contribution < 1.29 is 4.79 Å². The zero-order valence-electron chi connectivity index (χ0n) is 17.5. The van der Waals surface area contributed by atoms with Gasteiger partial charge in [-0.15, -0.1) is 5.10 Å². The van der Waals surface area contributed by atoms with Gasteiger partial charge in [0, 0.05) is 27.9 Å². The van der Waals surface area contributed by atoms with Crippen LogP contribution in [0.5, 0.6) is 0 Å². The first kappa shape index (κ1) is 20.5. The SMILES string of the molecule is Cc1ccc(CSc2nc3n(n2)C(c2ccc(Br)cc2)C2=C(CCCC2=O)N3)c(C)c1. The lowest BCUT2D eigenvalue weighted by Gasteiger charge is -2.32. The van der Waals surface area contributed by atoms with Gasteiger partial charge in [-0.3, -0.25) is 4.79 Å². The molecule has 0 amide bonds. The van der Waals surface area contributed by atoms with E-state index in [1.165, 1.54) is 16.7 Å². The Morgan fingerprint density at radius 3 is 2.74 bits per heavy atom. The Kier molecular flexibility index (Phi) is 5.48. The van der Waals surface area contributed by atoms with Crippen molar-refractivity contribution in [3.8, 4) is 0 Å². The number of carbonyl (C=O) groups excluding carboxylic acids is 1. The number of benzene rings is 2. The number of Topliss-reactive ketones (excluding diaryl/α,β-unsaturated/α-hetero) is 1. The Balaban J connectivity index is 1.49. The number of hydrogen-bond donors (Lipinski definition) is 1. The van der Waals surface area contributed by atoms with Crippen molar-refractivity contribution in [2.24, 2.45) is 0 Å². The first-order valence-corrected chi connectivity index (χ1v) is 12.2. The summed E-state index contributed by atoms with van der Waals surface area (Å²) in [7, 11) is 0. The maximum Gasteiger partial charge on any atom is 0.227 e. The molecule has 3 aromatic rings. The zero-order chi connectivity index (χ0) is 21.5. The van der Waals surface area contributed by atoms with Gasteiger partial charge in [0.2, 0.25) is 11.1 Å². The second kappa shape index (κ2) is 8.28. The van der Waals surface area contributed by atoms with Gasteiger partial charge >= 0.3 is 0 Å². The Morgan fingerprint density at radius 1 is 1.16 bits per heavy atom. The second-order valence-corrected chi connectivity index (χ2v) is 9.99. The molecule has 0 bridgehead atoms. The molecule has 158 valence electrons. The number of anilines is 1. The van der Waals surface area contributed by atoms with E-state index in [2.05, 4.69) is 65.4 Å². The third kappa shape index (κ3) is 3.96. The van der Waals surface area contributed by atoms with Crippen LogP contribution in [0.2, 0.25) is 0 Å². The lowest BCUT2D eigenvalue weighted by Crippen LogP contribution is -2.31. The van der Waals surface area contributed by atoms with E-state index in [1.54, 1.807) is 11.8 Å². The molecule has 31 heavy (non-hydrogen) atoms. The van der Waals surface area contributed by atoms with Crippen LogP contribution in [-0.2, 0) is 10.5 Å². The van der Waals surface area contributed by atoms with Gasteiger partial charge in [0.05, 0.1) is 0 Å². The molecule has 1 N–H and O–H groups in total. The van der Waals surface area contributed by atoms with Crippen molar-refractivity contribution >= 4 is 39.4 Å². The van der Waals surface area contributed by atoms with Crippen molar-refractivity contribution in [1.29, 1.82) is 0 Å². The van der Waals surface area contributed by atoms with Gasteiger partial charge < -0.3 is 5.32 Å². The van der Waals surface area contributed by atoms with Gasteiger partial charge in [0.1, 0.15) is 6.04 Å². The van der Waals surface area contributed by atoms with E-state index >= 15 is 0 Å². The van der Waals surface area contributed by atoms with Crippen molar-refractivity contribution in [1.82, 2.24) is 14.8 Å². The molecular weight excluding hydrogens is 472 g/mol. The van der Waals surface area contributed by atoms with E-state index in [1.807, 2.05) is 16.8 Å². The van der Waals surface area contributed by atoms with E-state index in [0.29, 0.717) is 12.4 Å². The molecule has 5 nitrogen and oxygen atoms in total. The molecule has 2 aliphatic rings. The third-order valence-electron chi connectivity index (χ3n) is 5.89. The van der Waals surface area contributed by atoms with Crippen LogP contribution < -0.4 is 5.32 Å². The van der Waals surface area contributed by atoms with Crippen LogP contribution in [0.25, 0.3) is 0 Å². The van der Waals surface area contributed by atoms with E-state index in [4.69, 9.17) is 10.1 Å². The van der Waals surface area contributed by atoms with E-state index in [9.17, 15) is 4.79 Å². The van der Waals surface area contributed by atoms with Crippen LogP contribution in [-0.4, -0.2) is 20.5 Å². The number of hydrogen-bond acceptors (Lipinski definition) is 5. The first-order chi connectivity index (χ1) is 15.0. The molecule has 1 unspecified atom stereocenters. The Morgan fingerprint density at radius 2 is 1.97 bits per heavy atom. The summed E-state index contributed by atoms with van der Waals surface area (Å²) in [5.41, 5.74) is 6.71. The van der Waals surface area contributed by atoms with Gasteiger partial charge in [-0.25, -0.2) is 4.68 Å². The average Bonchev–Trinajstić information content (AvgIpc) is 3.15. The fraction of sp³-hybridized carbons (Fsp3) is 0.292. The monoisotopic (exact) mass is 494 g/mol. The van der Waals surface area contributed by atoms with Gasteiger partial charge in [-0.2, -0.15) is 4.98 Å². The van der Waals surface area contributed by atoms with Crippen LogP contribution in [0.4, 0.5) is 5.95 Å². The van der Waals surface area contributed by atoms with Crippen molar-refractivity contribution in [2.45, 2.75) is 50.1 Å². The molecule has 7 heteroatoms. The number of aryl methyl sites for hydroxylation is 2. The summed E-state index contributed by atoms with van der Waals surface area (Å²) in [6.07, 6.45) is 2.33. The number of rotatable bonds is 4. The molecule has 2 aromatic carbocycles. The standard InChI is InChI=1S/C24H23BrN4OS/c1-14-6-7-17(15(2)12-14)13-31-24-27-23-26-19-4-3-5-20(30)21(19)22(29(23)28-24)16-8-10-18(25)11-9-16/h6-12,22H,3-5,13H2,1-2H3,(H,26,27,28). The Bertz CT molecular complexity index is 1200. The highest BCUT2D eigenvalue weighted by Crippen LogP contribution is 2.41. The summed E-state index contributed by atoms with van der Waals surface area (Å²) in [5.74, 6) is 1.72. The lowest BCUT2D eigenvalue weighted by molar-refractivity contribution is -0.116. The number of ketones is 1. The Labute approximate surface area is 194 Å². The van der Waals surface area contributed by atoms with E-state index in [-0.39, 0.29) is 11.8 Å². The molecule has 5 rings (SSSR count). The molecule has 2 heterocycles. The number of aromatic nitrogens is 3. The summed E-state index contributed by atoms with van der Waals surface area (Å²) in [6.45, 7) is 4.25. The number of allylic oxidation sites excluding steroid dienone is 2. The zero-order valence-corrected chi connectivity index (χ0v) is 19.9. The maximum absolute atomic E-state index is 12.9. The molecule has 0 spiro atoms. The second-order valence-electron chi connectivity index (χ2n) is 8.13. The summed E-state index contributed by atoms with van der Waals surface area (Å²) in [6, 6.07) is 14.4. The lowest BCUT2D eigenvalue weighted by atomic mass is 9.85. The molecule has 0 saturated carbocycles.